The Kier molecular flexibility index (Phi) is 9.68. The van der Waals surface area contributed by atoms with E-state index in [0.717, 1.165) is 38.8 Å². The number of aliphatic hydroxyl groups excluding tert-OH is 1. The van der Waals surface area contributed by atoms with Crippen LogP contribution in [0.15, 0.2) is 5.16 Å². The lowest BCUT2D eigenvalue weighted by Gasteiger charge is -2.03. The van der Waals surface area contributed by atoms with Crippen molar-refractivity contribution in [3.8, 4) is 0 Å². The molecular weight excluding hydrogens is 182 g/mol. The van der Waals surface area contributed by atoms with E-state index in [1.165, 1.54) is 0 Å². The second-order valence-corrected chi connectivity index (χ2v) is 3.23. The fourth-order valence-corrected chi connectivity index (χ4v) is 1.11. The molecule has 14 heavy (non-hydrogen) atoms. The van der Waals surface area contributed by atoms with Crippen molar-refractivity contribution in [3.05, 3.63) is 0 Å². The molecule has 5 N–H and O–H groups in total. The Labute approximate surface area is 85.0 Å². The van der Waals surface area contributed by atoms with Crippen molar-refractivity contribution in [2.75, 3.05) is 19.7 Å². The molecule has 0 radical (unpaired) electrons. The van der Waals surface area contributed by atoms with E-state index in [0.29, 0.717) is 6.42 Å². The minimum absolute atomic E-state index is 0.262. The van der Waals surface area contributed by atoms with Crippen LogP contribution < -0.4 is 11.1 Å². The van der Waals surface area contributed by atoms with E-state index in [-0.39, 0.29) is 12.4 Å². The first-order chi connectivity index (χ1) is 6.81. The molecular formula is C9H21N3O2. The smallest absolute Gasteiger partial charge is 0.140 e. The maximum Gasteiger partial charge on any atom is 0.140 e. The molecule has 5 nitrogen and oxygen atoms in total. The van der Waals surface area contributed by atoms with Crippen LogP contribution in [0.25, 0.3) is 0 Å². The summed E-state index contributed by atoms with van der Waals surface area (Å²) in [6, 6.07) is 0. The van der Waals surface area contributed by atoms with E-state index in [1.807, 2.05) is 0 Å². The number of nitrogens with zero attached hydrogens (tertiary/aromatic N) is 1. The van der Waals surface area contributed by atoms with Crippen LogP contribution in [0.4, 0.5) is 0 Å². The number of oxime groups is 1. The van der Waals surface area contributed by atoms with Gasteiger partial charge in [-0.2, -0.15) is 0 Å². The number of amidine groups is 1. The zero-order valence-electron chi connectivity index (χ0n) is 8.58. The number of nitrogens with two attached hydrogens (primary N) is 1. The first-order valence-corrected chi connectivity index (χ1v) is 5.09. The monoisotopic (exact) mass is 203 g/mol. The van der Waals surface area contributed by atoms with Crippen molar-refractivity contribution in [1.29, 1.82) is 0 Å². The number of unbranched alkanes of at least 4 members (excludes halogenated alkanes) is 3. The summed E-state index contributed by atoms with van der Waals surface area (Å²) < 4.78 is 0. The summed E-state index contributed by atoms with van der Waals surface area (Å²) in [4.78, 5) is 0. The van der Waals surface area contributed by atoms with Crippen LogP contribution in [0, 0.1) is 0 Å². The van der Waals surface area contributed by atoms with Crippen molar-refractivity contribution in [1.82, 2.24) is 5.32 Å². The predicted octanol–water partition coefficient (Wildman–Crippen LogP) is 0.265. The third-order valence-electron chi connectivity index (χ3n) is 1.95. The minimum Gasteiger partial charge on any atom is -0.409 e. The molecule has 0 aromatic carbocycles. The summed E-state index contributed by atoms with van der Waals surface area (Å²) in [5.74, 6) is 0.262. The van der Waals surface area contributed by atoms with E-state index in [1.54, 1.807) is 0 Å². The van der Waals surface area contributed by atoms with Gasteiger partial charge in [0, 0.05) is 19.6 Å². The quantitative estimate of drug-likeness (QED) is 0.142. The zero-order chi connectivity index (χ0) is 10.6. The van der Waals surface area contributed by atoms with Gasteiger partial charge in [-0.15, -0.1) is 0 Å². The lowest BCUT2D eigenvalue weighted by atomic mass is 10.2. The van der Waals surface area contributed by atoms with Crippen LogP contribution in [0.1, 0.15) is 32.1 Å². The van der Waals surface area contributed by atoms with Crippen molar-refractivity contribution in [2.24, 2.45) is 10.9 Å². The largest absolute Gasteiger partial charge is 0.409 e. The Morgan fingerprint density at radius 2 is 1.86 bits per heavy atom. The van der Waals surface area contributed by atoms with Crippen LogP contribution in [0.5, 0.6) is 0 Å². The number of nitrogens with one attached hydrogen (secondary N) is 1. The maximum absolute atomic E-state index is 8.53. The Bertz CT molecular complexity index is 151. The number of aliphatic hydroxyl groups is 1. The van der Waals surface area contributed by atoms with Gasteiger partial charge in [-0.25, -0.2) is 0 Å². The predicted molar refractivity (Wildman–Crippen MR) is 56.4 cm³/mol. The second kappa shape index (κ2) is 10.3. The first kappa shape index (κ1) is 13.2. The molecule has 0 unspecified atom stereocenters. The van der Waals surface area contributed by atoms with Crippen molar-refractivity contribution < 1.29 is 10.3 Å². The van der Waals surface area contributed by atoms with E-state index in [9.17, 15) is 0 Å². The summed E-state index contributed by atoms with van der Waals surface area (Å²) in [5, 5.41) is 22.8. The highest BCUT2D eigenvalue weighted by molar-refractivity contribution is 5.79. The van der Waals surface area contributed by atoms with Gasteiger partial charge >= 0.3 is 0 Å². The molecule has 84 valence electrons. The van der Waals surface area contributed by atoms with Gasteiger partial charge in [0.2, 0.25) is 0 Å². The van der Waals surface area contributed by atoms with E-state index < -0.39 is 0 Å². The number of rotatable bonds is 9. The Hall–Kier alpha value is -0.810. The van der Waals surface area contributed by atoms with Gasteiger partial charge in [-0.1, -0.05) is 18.0 Å². The molecule has 0 fully saturated rings. The molecule has 0 aromatic rings. The number of hydrogen-bond acceptors (Lipinski definition) is 4. The van der Waals surface area contributed by atoms with Crippen LogP contribution >= 0.6 is 0 Å². The van der Waals surface area contributed by atoms with Crippen molar-refractivity contribution in [3.63, 3.8) is 0 Å². The van der Waals surface area contributed by atoms with Crippen LogP contribution in [0.3, 0.4) is 0 Å². The highest BCUT2D eigenvalue weighted by Crippen LogP contribution is 1.97. The fraction of sp³-hybridized carbons (Fsp3) is 0.889. The molecule has 5 heteroatoms. The van der Waals surface area contributed by atoms with E-state index >= 15 is 0 Å². The summed E-state index contributed by atoms with van der Waals surface area (Å²) in [6.45, 7) is 1.98. The molecule has 0 aliphatic rings. The van der Waals surface area contributed by atoms with E-state index in [2.05, 4.69) is 10.5 Å². The van der Waals surface area contributed by atoms with Gasteiger partial charge in [0.1, 0.15) is 5.84 Å². The molecule has 0 spiro atoms. The van der Waals surface area contributed by atoms with Crippen LogP contribution in [-0.2, 0) is 0 Å². The summed E-state index contributed by atoms with van der Waals surface area (Å²) in [5.41, 5.74) is 5.29. The first-order valence-electron chi connectivity index (χ1n) is 5.09. The molecule has 0 rings (SSSR count). The van der Waals surface area contributed by atoms with Gasteiger partial charge in [-0.3, -0.25) is 0 Å². The zero-order valence-corrected chi connectivity index (χ0v) is 8.58. The Balaban J connectivity index is 2.99. The topological polar surface area (TPSA) is 90.9 Å². The number of hydrogen-bond donors (Lipinski definition) is 4. The van der Waals surface area contributed by atoms with Gasteiger partial charge in [0.25, 0.3) is 0 Å². The molecule has 0 saturated carbocycles. The minimum atomic E-state index is 0.262. The summed E-state index contributed by atoms with van der Waals surface area (Å²) in [6.07, 6.45) is 4.79. The van der Waals surface area contributed by atoms with Gasteiger partial charge in [-0.05, 0) is 19.4 Å². The highest BCUT2D eigenvalue weighted by atomic mass is 16.4. The van der Waals surface area contributed by atoms with Crippen LogP contribution in [0.2, 0.25) is 0 Å². The third kappa shape index (κ3) is 9.28. The molecule has 0 aliphatic heterocycles. The molecule has 0 heterocycles. The molecule has 0 bridgehead atoms. The Morgan fingerprint density at radius 3 is 2.50 bits per heavy atom. The maximum atomic E-state index is 8.53. The summed E-state index contributed by atoms with van der Waals surface area (Å²) >= 11 is 0. The van der Waals surface area contributed by atoms with Gasteiger partial charge in [0.15, 0.2) is 0 Å². The summed E-state index contributed by atoms with van der Waals surface area (Å²) in [7, 11) is 0. The molecule has 0 aromatic heterocycles. The lowest BCUT2D eigenvalue weighted by Crippen LogP contribution is -2.23. The van der Waals surface area contributed by atoms with Gasteiger partial charge in [0.05, 0.1) is 0 Å². The lowest BCUT2D eigenvalue weighted by molar-refractivity contribution is 0.282. The second-order valence-electron chi connectivity index (χ2n) is 3.23. The van der Waals surface area contributed by atoms with Crippen molar-refractivity contribution in [2.45, 2.75) is 32.1 Å². The normalized spacial score (nSPS) is 11.9. The average Bonchev–Trinajstić information content (AvgIpc) is 2.21. The molecule has 0 amide bonds. The highest BCUT2D eigenvalue weighted by Gasteiger charge is 1.93. The molecule has 0 saturated heterocycles. The van der Waals surface area contributed by atoms with Gasteiger partial charge < -0.3 is 21.4 Å². The SMILES string of the molecule is NC(CCNCCCCCCO)=NO. The Morgan fingerprint density at radius 1 is 1.14 bits per heavy atom. The average molecular weight is 203 g/mol. The standard InChI is InChI=1S/C9H21N3O2/c10-9(12-14)5-7-11-6-3-1-2-4-8-13/h11,13-14H,1-8H2,(H2,10,12). The molecule has 0 aliphatic carbocycles. The third-order valence-corrected chi connectivity index (χ3v) is 1.95. The van der Waals surface area contributed by atoms with Crippen molar-refractivity contribution >= 4 is 5.84 Å². The van der Waals surface area contributed by atoms with Crippen LogP contribution in [-0.4, -0.2) is 35.8 Å². The fourth-order valence-electron chi connectivity index (χ4n) is 1.11. The molecule has 0 atom stereocenters. The van der Waals surface area contributed by atoms with E-state index in [4.69, 9.17) is 16.0 Å².